The van der Waals surface area contributed by atoms with E-state index in [9.17, 15) is 18.0 Å². The number of hydrogen-bond acceptors (Lipinski definition) is 9. The lowest BCUT2D eigenvalue weighted by Crippen LogP contribution is -2.37. The number of alkyl halides is 3. The number of nitrogens with zero attached hydrogens (tertiary/aromatic N) is 5. The Balaban J connectivity index is 1.35. The van der Waals surface area contributed by atoms with Gasteiger partial charge in [-0.25, -0.2) is 9.98 Å². The third-order valence-corrected chi connectivity index (χ3v) is 6.41. The number of anilines is 3. The van der Waals surface area contributed by atoms with Gasteiger partial charge in [0.25, 0.3) is 11.8 Å². The molecule has 0 spiro atoms. The molecule has 204 valence electrons. The zero-order valence-corrected chi connectivity index (χ0v) is 20.9. The molecule has 2 N–H and O–H groups in total. The van der Waals surface area contributed by atoms with E-state index in [0.717, 1.165) is 23.4 Å². The Hall–Kier alpha value is -4.78. The second-order valence-electron chi connectivity index (χ2n) is 9.03. The fourth-order valence-electron chi connectivity index (χ4n) is 4.49. The van der Waals surface area contributed by atoms with Gasteiger partial charge in [0.1, 0.15) is 5.82 Å². The summed E-state index contributed by atoms with van der Waals surface area (Å²) < 4.78 is 51.7. The average molecular weight is 550 g/mol. The lowest BCUT2D eigenvalue weighted by molar-refractivity contribution is -0.137. The fraction of sp³-hybridized carbons (Fsp3) is 0.222. The third-order valence-electron chi connectivity index (χ3n) is 6.41. The van der Waals surface area contributed by atoms with E-state index in [4.69, 9.17) is 9.15 Å². The zero-order chi connectivity index (χ0) is 27.7. The monoisotopic (exact) mass is 549 g/mol. The minimum Gasteiger partial charge on any atom is -0.403 e. The SMILES string of the molecule is O=C1Nc2ccccc2C(c2ccccc2)=N[C@@H]1Nc1nnc(-c2cc(C(F)(F)F)cnc2N2CCOCC2)o1. The molecule has 0 unspecified atom stereocenters. The number of aromatic nitrogens is 3. The Bertz CT molecular complexity index is 1570. The number of rotatable bonds is 5. The summed E-state index contributed by atoms with van der Waals surface area (Å²) in [6.07, 6.45) is -5.02. The van der Waals surface area contributed by atoms with Crippen LogP contribution in [-0.4, -0.2) is 59.3 Å². The summed E-state index contributed by atoms with van der Waals surface area (Å²) >= 11 is 0. The first kappa shape index (κ1) is 25.5. The van der Waals surface area contributed by atoms with Crippen LogP contribution in [0.4, 0.5) is 30.7 Å². The minimum atomic E-state index is -4.62. The summed E-state index contributed by atoms with van der Waals surface area (Å²) in [6.45, 7) is 1.67. The van der Waals surface area contributed by atoms with Gasteiger partial charge >= 0.3 is 12.2 Å². The number of para-hydroxylation sites is 1. The van der Waals surface area contributed by atoms with Gasteiger partial charge < -0.3 is 24.7 Å². The molecule has 2 aromatic carbocycles. The van der Waals surface area contributed by atoms with Gasteiger partial charge in [-0.2, -0.15) is 13.2 Å². The molecule has 4 heterocycles. The van der Waals surface area contributed by atoms with Crippen LogP contribution in [-0.2, 0) is 15.7 Å². The number of benzene rings is 2. The quantitative estimate of drug-likeness (QED) is 0.380. The number of aliphatic imine (C=N–C) groups is 1. The normalized spacial score (nSPS) is 17.5. The van der Waals surface area contributed by atoms with E-state index < -0.39 is 23.8 Å². The summed E-state index contributed by atoms with van der Waals surface area (Å²) in [5, 5.41) is 13.6. The van der Waals surface area contributed by atoms with Crippen LogP contribution in [0.15, 0.2) is 76.3 Å². The van der Waals surface area contributed by atoms with Crippen molar-refractivity contribution in [2.45, 2.75) is 12.3 Å². The lowest BCUT2D eigenvalue weighted by Gasteiger charge is -2.29. The molecule has 6 rings (SSSR count). The van der Waals surface area contributed by atoms with Crippen LogP contribution >= 0.6 is 0 Å². The molecule has 10 nitrogen and oxygen atoms in total. The van der Waals surface area contributed by atoms with Crippen molar-refractivity contribution in [1.82, 2.24) is 15.2 Å². The van der Waals surface area contributed by atoms with E-state index in [2.05, 4.69) is 30.8 Å². The average Bonchev–Trinajstić information content (AvgIpc) is 3.39. The topological polar surface area (TPSA) is 118 Å². The molecule has 2 aliphatic rings. The Morgan fingerprint density at radius 3 is 2.50 bits per heavy atom. The number of morpholine rings is 1. The Kier molecular flexibility index (Phi) is 6.64. The van der Waals surface area contributed by atoms with Crippen molar-refractivity contribution in [3.05, 3.63) is 83.6 Å². The molecule has 1 fully saturated rings. The van der Waals surface area contributed by atoms with Crippen LogP contribution in [0, 0.1) is 0 Å². The highest BCUT2D eigenvalue weighted by Crippen LogP contribution is 2.36. The molecular formula is C27H22F3N7O3. The van der Waals surface area contributed by atoms with Gasteiger partial charge in [0.15, 0.2) is 0 Å². The molecule has 40 heavy (non-hydrogen) atoms. The fourth-order valence-corrected chi connectivity index (χ4v) is 4.49. The van der Waals surface area contributed by atoms with Crippen LogP contribution in [0.1, 0.15) is 16.7 Å². The van der Waals surface area contributed by atoms with Gasteiger partial charge in [-0.3, -0.25) is 4.79 Å². The van der Waals surface area contributed by atoms with Gasteiger partial charge in [-0.05, 0) is 12.1 Å². The molecular weight excluding hydrogens is 527 g/mol. The highest BCUT2D eigenvalue weighted by atomic mass is 19.4. The van der Waals surface area contributed by atoms with E-state index in [1.807, 2.05) is 42.5 Å². The van der Waals surface area contributed by atoms with Gasteiger partial charge in [0, 0.05) is 30.4 Å². The van der Waals surface area contributed by atoms with Crippen molar-refractivity contribution in [1.29, 1.82) is 0 Å². The number of fused-ring (bicyclic) bond motifs is 1. The number of halogens is 3. The van der Waals surface area contributed by atoms with Crippen molar-refractivity contribution >= 4 is 29.1 Å². The summed E-state index contributed by atoms with van der Waals surface area (Å²) in [4.78, 5) is 23.7. The van der Waals surface area contributed by atoms with E-state index in [1.54, 1.807) is 17.0 Å². The molecule has 1 atom stereocenters. The van der Waals surface area contributed by atoms with Gasteiger partial charge in [0.2, 0.25) is 6.17 Å². The summed E-state index contributed by atoms with van der Waals surface area (Å²) in [5.41, 5.74) is 1.71. The predicted octanol–water partition coefficient (Wildman–Crippen LogP) is 4.21. The number of amides is 1. The molecule has 4 aromatic rings. The molecule has 1 amide bonds. The van der Waals surface area contributed by atoms with Crippen molar-refractivity contribution < 1.29 is 27.1 Å². The van der Waals surface area contributed by atoms with Crippen molar-refractivity contribution in [3.63, 3.8) is 0 Å². The molecule has 2 aromatic heterocycles. The molecule has 1 saturated heterocycles. The summed E-state index contributed by atoms with van der Waals surface area (Å²) in [7, 11) is 0. The highest BCUT2D eigenvalue weighted by molar-refractivity contribution is 6.19. The van der Waals surface area contributed by atoms with Crippen LogP contribution in [0.3, 0.4) is 0 Å². The van der Waals surface area contributed by atoms with Crippen LogP contribution in [0.2, 0.25) is 0 Å². The molecule has 0 saturated carbocycles. The first-order valence-corrected chi connectivity index (χ1v) is 12.4. The standard InChI is InChI=1S/C27H22F3N7O3/c28-27(29,30)17-14-19(23(31-15-17)37-10-12-39-13-11-37)25-35-36-26(40-25)34-22-24(38)32-20-9-5-4-8-18(20)21(33-22)16-6-2-1-3-7-16/h1-9,14-15,22H,10-13H2,(H,32,38)(H,34,36)/t22-/m1/s1. The van der Waals surface area contributed by atoms with Gasteiger partial charge in [-0.1, -0.05) is 53.6 Å². The summed E-state index contributed by atoms with van der Waals surface area (Å²) in [6, 6.07) is 17.4. The largest absolute Gasteiger partial charge is 0.417 e. The minimum absolute atomic E-state index is 0.0171. The lowest BCUT2D eigenvalue weighted by atomic mass is 10.0. The van der Waals surface area contributed by atoms with Crippen molar-refractivity contribution in [2.24, 2.45) is 4.99 Å². The number of pyridine rings is 1. The zero-order valence-electron chi connectivity index (χ0n) is 20.9. The number of nitrogens with one attached hydrogen (secondary N) is 2. The van der Waals surface area contributed by atoms with Crippen LogP contribution < -0.4 is 15.5 Å². The van der Waals surface area contributed by atoms with Crippen molar-refractivity contribution in [3.8, 4) is 11.5 Å². The van der Waals surface area contributed by atoms with E-state index in [0.29, 0.717) is 37.7 Å². The van der Waals surface area contributed by atoms with Gasteiger partial charge in [0.05, 0.1) is 35.7 Å². The van der Waals surface area contributed by atoms with Crippen molar-refractivity contribution in [2.75, 3.05) is 41.8 Å². The Morgan fingerprint density at radius 1 is 0.975 bits per heavy atom. The maximum atomic E-state index is 13.5. The first-order valence-electron chi connectivity index (χ1n) is 12.4. The maximum absolute atomic E-state index is 13.5. The smallest absolute Gasteiger partial charge is 0.403 e. The molecule has 0 aliphatic carbocycles. The van der Waals surface area contributed by atoms with Crippen LogP contribution in [0.25, 0.3) is 11.5 Å². The number of carbonyl (C=O) groups excluding carboxylic acids is 1. The maximum Gasteiger partial charge on any atom is 0.417 e. The number of hydrogen-bond donors (Lipinski definition) is 2. The third kappa shape index (κ3) is 5.10. The van der Waals surface area contributed by atoms with Crippen LogP contribution in [0.5, 0.6) is 0 Å². The van der Waals surface area contributed by atoms with E-state index in [-0.39, 0.29) is 23.3 Å². The second kappa shape index (κ2) is 10.4. The van der Waals surface area contributed by atoms with E-state index >= 15 is 0 Å². The van der Waals surface area contributed by atoms with Gasteiger partial charge in [-0.15, -0.1) is 5.10 Å². The number of ether oxygens (including phenoxy) is 1. The molecule has 13 heteroatoms. The predicted molar refractivity (Wildman–Crippen MR) is 140 cm³/mol. The van der Waals surface area contributed by atoms with E-state index in [1.165, 1.54) is 0 Å². The molecule has 2 aliphatic heterocycles. The first-order chi connectivity index (χ1) is 19.4. The molecule has 0 radical (unpaired) electrons. The summed E-state index contributed by atoms with van der Waals surface area (Å²) in [5.74, 6) is -0.404. The Morgan fingerprint density at radius 2 is 1.73 bits per heavy atom. The highest BCUT2D eigenvalue weighted by Gasteiger charge is 2.34. The Labute approximate surface area is 225 Å². The molecule has 0 bridgehead atoms. The number of carbonyl (C=O) groups is 1. The number of benzodiazepines with no additional fused rings is 1. The second-order valence-corrected chi connectivity index (χ2v) is 9.03.